The fourth-order valence-corrected chi connectivity index (χ4v) is 4.89. The number of hydrogen-bond donors (Lipinski definition) is 1. The topological polar surface area (TPSA) is 72.8 Å². The van der Waals surface area contributed by atoms with E-state index >= 15 is 0 Å². The normalized spacial score (nSPS) is 12.2. The Bertz CT molecular complexity index is 574. The Morgan fingerprint density at radius 1 is 0.550 bits per heavy atom. The number of ether oxygens (including phenoxy) is 2. The van der Waals surface area contributed by atoms with Gasteiger partial charge in [0, 0.05) is 12.8 Å². The highest BCUT2D eigenvalue weighted by Gasteiger charge is 2.16. The molecule has 0 aliphatic rings. The average molecular weight is 567 g/mol. The first-order valence-electron chi connectivity index (χ1n) is 17.2. The van der Waals surface area contributed by atoms with Gasteiger partial charge in [0.2, 0.25) is 0 Å². The Hall–Kier alpha value is -1.36. The summed E-state index contributed by atoms with van der Waals surface area (Å²) in [5.41, 5.74) is 0. The molecule has 0 saturated heterocycles. The second-order valence-corrected chi connectivity index (χ2v) is 11.6. The molecule has 1 atom stereocenters. The number of aliphatic hydroxyl groups is 1. The molecule has 40 heavy (non-hydrogen) atoms. The second kappa shape index (κ2) is 32.2. The molecule has 5 nitrogen and oxygen atoms in total. The molecule has 0 unspecified atom stereocenters. The highest BCUT2D eigenvalue weighted by atomic mass is 16.6. The highest BCUT2D eigenvalue weighted by molar-refractivity contribution is 5.70. The summed E-state index contributed by atoms with van der Waals surface area (Å²) in [6, 6.07) is 0. The van der Waals surface area contributed by atoms with Crippen LogP contribution in [0.5, 0.6) is 0 Å². The first kappa shape index (κ1) is 38.6. The minimum Gasteiger partial charge on any atom is -0.462 e. The van der Waals surface area contributed by atoms with Crippen LogP contribution in [0.1, 0.15) is 181 Å². The number of unbranched alkanes of at least 4 members (excludes halogenated alkanes) is 21. The molecule has 0 rings (SSSR count). The van der Waals surface area contributed by atoms with Crippen molar-refractivity contribution < 1.29 is 24.2 Å². The van der Waals surface area contributed by atoms with Gasteiger partial charge in [-0.3, -0.25) is 9.59 Å². The van der Waals surface area contributed by atoms with Gasteiger partial charge in [-0.25, -0.2) is 0 Å². The lowest BCUT2D eigenvalue weighted by molar-refractivity contribution is -0.161. The van der Waals surface area contributed by atoms with Crippen molar-refractivity contribution in [1.82, 2.24) is 0 Å². The van der Waals surface area contributed by atoms with Crippen LogP contribution < -0.4 is 0 Å². The second-order valence-electron chi connectivity index (χ2n) is 11.6. The third kappa shape index (κ3) is 29.6. The summed E-state index contributed by atoms with van der Waals surface area (Å²) in [6.45, 7) is 4.09. The van der Waals surface area contributed by atoms with Crippen LogP contribution in [0, 0.1) is 0 Å². The van der Waals surface area contributed by atoms with Crippen LogP contribution in [0.25, 0.3) is 0 Å². The van der Waals surface area contributed by atoms with Gasteiger partial charge in [0.1, 0.15) is 6.61 Å². The molecule has 0 fully saturated rings. The summed E-state index contributed by atoms with van der Waals surface area (Å²) >= 11 is 0. The number of esters is 2. The fourth-order valence-electron chi connectivity index (χ4n) is 4.89. The van der Waals surface area contributed by atoms with Crippen LogP contribution >= 0.6 is 0 Å². The van der Waals surface area contributed by atoms with E-state index in [1.54, 1.807) is 0 Å². The standard InChI is InChI=1S/C35H66O5/c1-3-5-7-9-11-13-15-16-17-18-20-21-23-25-27-29-34(37)39-32-33(31-36)40-35(38)30-28-26-24-22-19-14-12-10-8-6-4-2/h10,12,33,36H,3-9,11,13-32H2,1-2H3/t33-/m0/s1. The van der Waals surface area contributed by atoms with Gasteiger partial charge in [-0.15, -0.1) is 0 Å². The lowest BCUT2D eigenvalue weighted by atomic mass is 10.0. The summed E-state index contributed by atoms with van der Waals surface area (Å²) < 4.78 is 10.5. The first-order chi connectivity index (χ1) is 19.6. The molecule has 0 aliphatic heterocycles. The molecule has 1 N–H and O–H groups in total. The number of carbonyl (C=O) groups is 2. The summed E-state index contributed by atoms with van der Waals surface area (Å²) in [7, 11) is 0. The van der Waals surface area contributed by atoms with Gasteiger partial charge < -0.3 is 14.6 Å². The lowest BCUT2D eigenvalue weighted by Gasteiger charge is -2.15. The molecule has 0 bridgehead atoms. The van der Waals surface area contributed by atoms with Crippen molar-refractivity contribution >= 4 is 11.9 Å². The first-order valence-corrected chi connectivity index (χ1v) is 17.2. The van der Waals surface area contributed by atoms with Crippen LogP contribution in [0.15, 0.2) is 12.2 Å². The summed E-state index contributed by atoms with van der Waals surface area (Å²) in [5.74, 6) is -0.597. The molecular formula is C35H66O5. The van der Waals surface area contributed by atoms with E-state index in [-0.39, 0.29) is 25.2 Å². The van der Waals surface area contributed by atoms with Crippen molar-refractivity contribution in [3.63, 3.8) is 0 Å². The quantitative estimate of drug-likeness (QED) is 0.0513. The Balaban J connectivity index is 3.54. The van der Waals surface area contributed by atoms with Gasteiger partial charge in [0.15, 0.2) is 6.10 Å². The van der Waals surface area contributed by atoms with Crippen LogP contribution in [0.3, 0.4) is 0 Å². The number of carbonyl (C=O) groups excluding carboxylic acids is 2. The predicted octanol–water partition coefficient (Wildman–Crippen LogP) is 10.2. The predicted molar refractivity (Wildman–Crippen MR) is 168 cm³/mol. The summed E-state index contributed by atoms with van der Waals surface area (Å²) in [5, 5.41) is 9.49. The molecule has 0 aromatic heterocycles. The zero-order valence-corrected chi connectivity index (χ0v) is 26.6. The lowest BCUT2D eigenvalue weighted by Crippen LogP contribution is -2.28. The molecule has 0 amide bonds. The van der Waals surface area contributed by atoms with E-state index in [1.165, 1.54) is 109 Å². The van der Waals surface area contributed by atoms with Crippen molar-refractivity contribution in [2.75, 3.05) is 13.2 Å². The molecule has 0 radical (unpaired) electrons. The van der Waals surface area contributed by atoms with E-state index in [2.05, 4.69) is 26.0 Å². The number of aliphatic hydroxyl groups excluding tert-OH is 1. The van der Waals surface area contributed by atoms with Crippen molar-refractivity contribution in [2.24, 2.45) is 0 Å². The zero-order valence-electron chi connectivity index (χ0n) is 26.6. The van der Waals surface area contributed by atoms with E-state index in [0.29, 0.717) is 12.8 Å². The van der Waals surface area contributed by atoms with Crippen LogP contribution in [0.2, 0.25) is 0 Å². The SMILES string of the molecule is CCCCC=CCCCCCCCC(=O)O[C@@H](CO)COC(=O)CCCCCCCCCCCCCCCCC. The van der Waals surface area contributed by atoms with E-state index < -0.39 is 6.10 Å². The molecular weight excluding hydrogens is 500 g/mol. The summed E-state index contributed by atoms with van der Waals surface area (Å²) in [6.07, 6.45) is 34.1. The van der Waals surface area contributed by atoms with Gasteiger partial charge in [-0.05, 0) is 32.1 Å². The van der Waals surface area contributed by atoms with Crippen LogP contribution in [0.4, 0.5) is 0 Å². The molecule has 236 valence electrons. The molecule has 0 aromatic carbocycles. The Morgan fingerprint density at radius 2 is 0.950 bits per heavy atom. The largest absolute Gasteiger partial charge is 0.462 e. The number of allylic oxidation sites excluding steroid dienone is 2. The third-order valence-corrected chi connectivity index (χ3v) is 7.56. The molecule has 0 aliphatic carbocycles. The van der Waals surface area contributed by atoms with Gasteiger partial charge in [0.25, 0.3) is 0 Å². The van der Waals surface area contributed by atoms with Crippen molar-refractivity contribution in [1.29, 1.82) is 0 Å². The molecule has 5 heteroatoms. The molecule has 0 aromatic rings. The van der Waals surface area contributed by atoms with Crippen molar-refractivity contribution in [2.45, 2.75) is 187 Å². The van der Waals surface area contributed by atoms with Gasteiger partial charge in [0.05, 0.1) is 6.61 Å². The maximum Gasteiger partial charge on any atom is 0.306 e. The van der Waals surface area contributed by atoms with Crippen molar-refractivity contribution in [3.8, 4) is 0 Å². The van der Waals surface area contributed by atoms with Gasteiger partial charge >= 0.3 is 11.9 Å². The highest BCUT2D eigenvalue weighted by Crippen LogP contribution is 2.14. The Labute approximate surface area is 248 Å². The number of rotatable bonds is 31. The zero-order chi connectivity index (χ0) is 29.4. The van der Waals surface area contributed by atoms with Gasteiger partial charge in [-0.1, -0.05) is 148 Å². The van der Waals surface area contributed by atoms with Gasteiger partial charge in [-0.2, -0.15) is 0 Å². The third-order valence-electron chi connectivity index (χ3n) is 7.56. The fraction of sp³-hybridized carbons (Fsp3) is 0.886. The molecule has 0 heterocycles. The van der Waals surface area contributed by atoms with E-state index in [1.807, 2.05) is 0 Å². The maximum absolute atomic E-state index is 12.1. The van der Waals surface area contributed by atoms with E-state index in [9.17, 15) is 14.7 Å². The maximum atomic E-state index is 12.1. The smallest absolute Gasteiger partial charge is 0.306 e. The molecule has 0 saturated carbocycles. The average Bonchev–Trinajstić information content (AvgIpc) is 2.96. The Morgan fingerprint density at radius 3 is 1.43 bits per heavy atom. The van der Waals surface area contributed by atoms with E-state index in [4.69, 9.17) is 9.47 Å². The minimum atomic E-state index is -0.767. The minimum absolute atomic E-state index is 0.0639. The summed E-state index contributed by atoms with van der Waals surface area (Å²) in [4.78, 5) is 24.1. The van der Waals surface area contributed by atoms with E-state index in [0.717, 1.165) is 44.9 Å². The Kier molecular flexibility index (Phi) is 31.1. The number of hydrogen-bond acceptors (Lipinski definition) is 5. The van der Waals surface area contributed by atoms with Crippen LogP contribution in [-0.4, -0.2) is 36.4 Å². The van der Waals surface area contributed by atoms with Crippen molar-refractivity contribution in [3.05, 3.63) is 12.2 Å². The van der Waals surface area contributed by atoms with Crippen LogP contribution in [-0.2, 0) is 19.1 Å². The molecule has 0 spiro atoms. The monoisotopic (exact) mass is 566 g/mol.